The van der Waals surface area contributed by atoms with Gasteiger partial charge in [-0.2, -0.15) is 0 Å². The number of carbonyl (C=O) groups excluding carboxylic acids is 2. The number of piperazine rings is 1. The number of nitrogens with zero attached hydrogens (tertiary/aromatic N) is 3. The average molecular weight is 366 g/mol. The highest BCUT2D eigenvalue weighted by Gasteiger charge is 2.27. The fraction of sp³-hybridized carbons (Fsp3) is 0.381. The Hall–Kier alpha value is -2.89. The fourth-order valence-electron chi connectivity index (χ4n) is 3.21. The number of anilines is 1. The molecule has 1 N–H and O–H groups in total. The van der Waals surface area contributed by atoms with Gasteiger partial charge in [0.25, 0.3) is 0 Å². The first kappa shape index (κ1) is 18.9. The lowest BCUT2D eigenvalue weighted by Gasteiger charge is -2.35. The molecule has 2 heterocycles. The largest absolute Gasteiger partial charge is 0.353 e. The molecule has 2 aromatic rings. The number of pyridine rings is 1. The summed E-state index contributed by atoms with van der Waals surface area (Å²) in [6.07, 6.45) is 2.73. The van der Waals surface area contributed by atoms with Crippen LogP contribution in [0.3, 0.4) is 0 Å². The summed E-state index contributed by atoms with van der Waals surface area (Å²) in [5.41, 5.74) is 2.24. The molecule has 1 unspecified atom stereocenters. The van der Waals surface area contributed by atoms with Gasteiger partial charge in [-0.25, -0.2) is 4.98 Å². The first-order chi connectivity index (χ1) is 13.1. The second kappa shape index (κ2) is 8.66. The lowest BCUT2D eigenvalue weighted by atomic mass is 10.0. The number of hydrogen-bond acceptors (Lipinski definition) is 4. The molecule has 2 amide bonds. The van der Waals surface area contributed by atoms with Crippen LogP contribution in [0.4, 0.5) is 5.82 Å². The molecule has 0 aliphatic carbocycles. The lowest BCUT2D eigenvalue weighted by molar-refractivity contribution is -0.146. The van der Waals surface area contributed by atoms with Gasteiger partial charge in [0, 0.05) is 32.4 Å². The maximum Gasteiger partial charge on any atom is 0.312 e. The van der Waals surface area contributed by atoms with Crippen LogP contribution in [-0.2, 0) is 16.0 Å². The third-order valence-electron chi connectivity index (χ3n) is 4.97. The van der Waals surface area contributed by atoms with Gasteiger partial charge in [-0.05, 0) is 36.6 Å². The summed E-state index contributed by atoms with van der Waals surface area (Å²) in [5, 5.41) is 2.82. The number of aromatic nitrogens is 1. The Balaban J connectivity index is 1.52. The summed E-state index contributed by atoms with van der Waals surface area (Å²) in [6.45, 7) is 6.37. The number of hydrogen-bond donors (Lipinski definition) is 1. The Kier molecular flexibility index (Phi) is 6.06. The summed E-state index contributed by atoms with van der Waals surface area (Å²) in [4.78, 5) is 32.9. The van der Waals surface area contributed by atoms with Crippen LogP contribution in [-0.4, -0.2) is 47.9 Å². The molecule has 6 heteroatoms. The SMILES string of the molecule is CCc1ccc(C(C)NC(=O)C(=O)N2CCN(c3ccccn3)CC2)cc1. The molecule has 0 bridgehead atoms. The van der Waals surface area contributed by atoms with Crippen LogP contribution in [0.1, 0.15) is 31.0 Å². The first-order valence-electron chi connectivity index (χ1n) is 9.43. The Morgan fingerprint density at radius 3 is 2.37 bits per heavy atom. The van der Waals surface area contributed by atoms with Crippen molar-refractivity contribution in [2.24, 2.45) is 0 Å². The molecule has 6 nitrogen and oxygen atoms in total. The highest BCUT2D eigenvalue weighted by atomic mass is 16.2. The van der Waals surface area contributed by atoms with Gasteiger partial charge < -0.3 is 15.1 Å². The molecule has 1 aliphatic heterocycles. The topological polar surface area (TPSA) is 65.5 Å². The number of aryl methyl sites for hydroxylation is 1. The van der Waals surface area contributed by atoms with E-state index < -0.39 is 11.8 Å². The lowest BCUT2D eigenvalue weighted by Crippen LogP contribution is -2.53. The zero-order valence-corrected chi connectivity index (χ0v) is 15.9. The highest BCUT2D eigenvalue weighted by molar-refractivity contribution is 6.35. The van der Waals surface area contributed by atoms with Crippen LogP contribution in [0.5, 0.6) is 0 Å². The normalized spacial score (nSPS) is 15.3. The molecule has 142 valence electrons. The standard InChI is InChI=1S/C21H26N4O2/c1-3-17-7-9-18(10-8-17)16(2)23-20(26)21(27)25-14-12-24(13-15-25)19-6-4-5-11-22-19/h4-11,16H,3,12-15H2,1-2H3,(H,23,26). The Morgan fingerprint density at radius 1 is 1.07 bits per heavy atom. The third kappa shape index (κ3) is 4.64. The molecule has 1 fully saturated rings. The van der Waals surface area contributed by atoms with Crippen molar-refractivity contribution in [2.45, 2.75) is 26.3 Å². The van der Waals surface area contributed by atoms with Crippen LogP contribution in [0.2, 0.25) is 0 Å². The van der Waals surface area contributed by atoms with Crippen molar-refractivity contribution in [3.63, 3.8) is 0 Å². The van der Waals surface area contributed by atoms with E-state index in [9.17, 15) is 9.59 Å². The van der Waals surface area contributed by atoms with E-state index in [0.717, 1.165) is 17.8 Å². The molecular weight excluding hydrogens is 340 g/mol. The quantitative estimate of drug-likeness (QED) is 0.843. The predicted octanol–water partition coefficient (Wildman–Crippen LogP) is 2.17. The van der Waals surface area contributed by atoms with Crippen molar-refractivity contribution < 1.29 is 9.59 Å². The number of nitrogens with one attached hydrogen (secondary N) is 1. The molecule has 0 radical (unpaired) electrons. The summed E-state index contributed by atoms with van der Waals surface area (Å²) < 4.78 is 0. The van der Waals surface area contributed by atoms with Crippen molar-refractivity contribution >= 4 is 17.6 Å². The van der Waals surface area contributed by atoms with Crippen LogP contribution < -0.4 is 10.2 Å². The van der Waals surface area contributed by atoms with Crippen molar-refractivity contribution in [1.82, 2.24) is 15.2 Å². The van der Waals surface area contributed by atoms with Gasteiger partial charge in [0.15, 0.2) is 0 Å². The van der Waals surface area contributed by atoms with Gasteiger partial charge in [-0.3, -0.25) is 9.59 Å². The Labute approximate surface area is 160 Å². The van der Waals surface area contributed by atoms with Crippen molar-refractivity contribution in [2.75, 3.05) is 31.1 Å². The minimum atomic E-state index is -0.548. The summed E-state index contributed by atoms with van der Waals surface area (Å²) >= 11 is 0. The second-order valence-electron chi connectivity index (χ2n) is 6.76. The van der Waals surface area contributed by atoms with Gasteiger partial charge in [0.05, 0.1) is 6.04 Å². The highest BCUT2D eigenvalue weighted by Crippen LogP contribution is 2.15. The van der Waals surface area contributed by atoms with E-state index in [0.29, 0.717) is 26.2 Å². The van der Waals surface area contributed by atoms with Crippen LogP contribution in [0, 0.1) is 0 Å². The maximum atomic E-state index is 12.5. The molecule has 1 aromatic carbocycles. The molecule has 27 heavy (non-hydrogen) atoms. The van der Waals surface area contributed by atoms with Gasteiger partial charge in [0.1, 0.15) is 5.82 Å². The van der Waals surface area contributed by atoms with Crippen molar-refractivity contribution in [1.29, 1.82) is 0 Å². The summed E-state index contributed by atoms with van der Waals surface area (Å²) in [5.74, 6) is -0.112. The molecule has 1 aliphatic rings. The number of rotatable bonds is 4. The van der Waals surface area contributed by atoms with E-state index in [1.165, 1.54) is 5.56 Å². The van der Waals surface area contributed by atoms with E-state index in [2.05, 4.69) is 34.3 Å². The fourth-order valence-corrected chi connectivity index (χ4v) is 3.21. The number of amides is 2. The predicted molar refractivity (Wildman–Crippen MR) is 105 cm³/mol. The minimum Gasteiger partial charge on any atom is -0.353 e. The van der Waals surface area contributed by atoms with E-state index in [1.54, 1.807) is 11.1 Å². The Bertz CT molecular complexity index is 769. The monoisotopic (exact) mass is 366 g/mol. The first-order valence-corrected chi connectivity index (χ1v) is 9.43. The van der Waals surface area contributed by atoms with Crippen LogP contribution in [0.15, 0.2) is 48.7 Å². The summed E-state index contributed by atoms with van der Waals surface area (Å²) in [7, 11) is 0. The van der Waals surface area contributed by atoms with Crippen LogP contribution >= 0.6 is 0 Å². The zero-order valence-electron chi connectivity index (χ0n) is 15.9. The number of carbonyl (C=O) groups is 2. The minimum absolute atomic E-state index is 0.206. The van der Waals surface area contributed by atoms with Gasteiger partial charge in [-0.15, -0.1) is 0 Å². The molecule has 0 saturated carbocycles. The molecule has 3 rings (SSSR count). The van der Waals surface area contributed by atoms with Gasteiger partial charge >= 0.3 is 11.8 Å². The van der Waals surface area contributed by atoms with Crippen molar-refractivity contribution in [3.8, 4) is 0 Å². The maximum absolute atomic E-state index is 12.5. The third-order valence-corrected chi connectivity index (χ3v) is 4.97. The molecule has 1 aromatic heterocycles. The van der Waals surface area contributed by atoms with E-state index in [-0.39, 0.29) is 6.04 Å². The van der Waals surface area contributed by atoms with Gasteiger partial charge in [0.2, 0.25) is 0 Å². The van der Waals surface area contributed by atoms with E-state index >= 15 is 0 Å². The Morgan fingerprint density at radius 2 is 1.78 bits per heavy atom. The molecule has 1 saturated heterocycles. The molecule has 1 atom stereocenters. The smallest absolute Gasteiger partial charge is 0.312 e. The van der Waals surface area contributed by atoms with Crippen LogP contribution in [0.25, 0.3) is 0 Å². The molecular formula is C21H26N4O2. The molecule has 0 spiro atoms. The average Bonchev–Trinajstić information content (AvgIpc) is 2.74. The van der Waals surface area contributed by atoms with E-state index in [4.69, 9.17) is 0 Å². The second-order valence-corrected chi connectivity index (χ2v) is 6.76. The van der Waals surface area contributed by atoms with E-state index in [1.807, 2.05) is 37.3 Å². The van der Waals surface area contributed by atoms with Gasteiger partial charge in [-0.1, -0.05) is 37.3 Å². The number of benzene rings is 1. The zero-order chi connectivity index (χ0) is 19.2. The van der Waals surface area contributed by atoms with Crippen molar-refractivity contribution in [3.05, 3.63) is 59.8 Å². The summed E-state index contributed by atoms with van der Waals surface area (Å²) in [6, 6.07) is 13.7.